The molecule has 1 atom stereocenters. The van der Waals surface area contributed by atoms with Crippen molar-refractivity contribution in [2.24, 2.45) is 5.92 Å². The zero-order chi connectivity index (χ0) is 18.1. The van der Waals surface area contributed by atoms with Crippen LogP contribution in [-0.2, 0) is 16.1 Å². The zero-order valence-electron chi connectivity index (χ0n) is 15.6. The van der Waals surface area contributed by atoms with Crippen molar-refractivity contribution in [3.8, 4) is 5.75 Å². The summed E-state index contributed by atoms with van der Waals surface area (Å²) in [5.74, 6) is 1.23. The lowest BCUT2D eigenvalue weighted by Crippen LogP contribution is -2.12. The van der Waals surface area contributed by atoms with Crippen LogP contribution in [0.2, 0.25) is 0 Å². The van der Waals surface area contributed by atoms with E-state index in [9.17, 15) is 4.79 Å². The molecule has 4 nitrogen and oxygen atoms in total. The summed E-state index contributed by atoms with van der Waals surface area (Å²) in [7, 11) is 1.67. The van der Waals surface area contributed by atoms with Gasteiger partial charge in [-0.2, -0.15) is 0 Å². The topological polar surface area (TPSA) is 48.7 Å². The molecule has 1 heterocycles. The molecule has 0 saturated carbocycles. The van der Waals surface area contributed by atoms with Crippen LogP contribution in [0.1, 0.15) is 61.8 Å². The van der Waals surface area contributed by atoms with Crippen LogP contribution >= 0.6 is 0 Å². The van der Waals surface area contributed by atoms with Crippen molar-refractivity contribution in [3.63, 3.8) is 0 Å². The highest BCUT2D eigenvalue weighted by Crippen LogP contribution is 2.45. The molecule has 0 bridgehead atoms. The van der Waals surface area contributed by atoms with Crippen LogP contribution in [0.4, 0.5) is 0 Å². The number of fused-ring (bicyclic) bond motifs is 2. The number of benzene rings is 1. The molecular weight excluding hydrogens is 316 g/mol. The van der Waals surface area contributed by atoms with Crippen molar-refractivity contribution in [2.75, 3.05) is 7.11 Å². The van der Waals surface area contributed by atoms with Crippen molar-refractivity contribution >= 4 is 23.0 Å². The van der Waals surface area contributed by atoms with Gasteiger partial charge < -0.3 is 13.9 Å². The Balaban J connectivity index is 2.13. The molecule has 2 aromatic rings. The molecule has 0 N–H and O–H groups in total. The highest BCUT2D eigenvalue weighted by Gasteiger charge is 2.27. The molecule has 0 amide bonds. The Labute approximate surface area is 148 Å². The van der Waals surface area contributed by atoms with E-state index in [4.69, 9.17) is 13.9 Å². The number of furan rings is 1. The summed E-state index contributed by atoms with van der Waals surface area (Å²) in [6.07, 6.45) is 7.38. The van der Waals surface area contributed by atoms with Gasteiger partial charge in [0.25, 0.3) is 0 Å². The minimum absolute atomic E-state index is 0.159. The second-order valence-electron chi connectivity index (χ2n) is 7.26. The minimum Gasteiger partial charge on any atom is -0.492 e. The van der Waals surface area contributed by atoms with E-state index >= 15 is 0 Å². The number of aryl methyl sites for hydroxylation is 1. The lowest BCUT2D eigenvalue weighted by molar-refractivity contribution is -0.145. The van der Waals surface area contributed by atoms with Gasteiger partial charge in [-0.15, -0.1) is 0 Å². The van der Waals surface area contributed by atoms with Crippen LogP contribution in [0.25, 0.3) is 17.0 Å². The van der Waals surface area contributed by atoms with E-state index in [0.29, 0.717) is 12.3 Å². The number of ether oxygens (including phenoxy) is 2. The predicted molar refractivity (Wildman–Crippen MR) is 98.8 cm³/mol. The maximum Gasteiger partial charge on any atom is 0.306 e. The Morgan fingerprint density at radius 1 is 1.40 bits per heavy atom. The Morgan fingerprint density at radius 3 is 2.84 bits per heavy atom. The van der Waals surface area contributed by atoms with Gasteiger partial charge in [0.2, 0.25) is 0 Å². The second-order valence-corrected chi connectivity index (χ2v) is 7.26. The van der Waals surface area contributed by atoms with Crippen LogP contribution in [0.5, 0.6) is 5.75 Å². The van der Waals surface area contributed by atoms with Gasteiger partial charge in [0.15, 0.2) is 11.3 Å². The minimum atomic E-state index is -0.159. The molecule has 3 rings (SSSR count). The van der Waals surface area contributed by atoms with Gasteiger partial charge in [-0.1, -0.05) is 32.9 Å². The van der Waals surface area contributed by atoms with E-state index < -0.39 is 0 Å². The molecular formula is C21H26O4. The first-order valence-electron chi connectivity index (χ1n) is 8.86. The molecule has 4 heteroatoms. The van der Waals surface area contributed by atoms with Crippen LogP contribution in [0.15, 0.2) is 16.8 Å². The van der Waals surface area contributed by atoms with E-state index in [1.807, 2.05) is 20.8 Å². The summed E-state index contributed by atoms with van der Waals surface area (Å²) < 4.78 is 17.1. The van der Waals surface area contributed by atoms with Gasteiger partial charge in [0, 0.05) is 22.9 Å². The van der Waals surface area contributed by atoms with Gasteiger partial charge in [-0.25, -0.2) is 0 Å². The Hall–Kier alpha value is -2.23. The van der Waals surface area contributed by atoms with E-state index in [-0.39, 0.29) is 18.5 Å². The smallest absolute Gasteiger partial charge is 0.306 e. The second kappa shape index (κ2) is 6.95. The lowest BCUT2D eigenvalue weighted by atomic mass is 9.82. The van der Waals surface area contributed by atoms with Gasteiger partial charge in [-0.3, -0.25) is 4.79 Å². The molecule has 0 aliphatic heterocycles. The lowest BCUT2D eigenvalue weighted by Gasteiger charge is -2.24. The number of hydrogen-bond donors (Lipinski definition) is 0. The molecule has 1 aliphatic rings. The highest BCUT2D eigenvalue weighted by molar-refractivity contribution is 5.95. The van der Waals surface area contributed by atoms with E-state index in [0.717, 1.165) is 39.8 Å². The number of carbonyl (C=O) groups excluding carboxylic acids is 1. The first-order valence-corrected chi connectivity index (χ1v) is 8.86. The van der Waals surface area contributed by atoms with Crippen molar-refractivity contribution < 1.29 is 18.7 Å². The summed E-state index contributed by atoms with van der Waals surface area (Å²) in [6, 6.07) is 0. The maximum absolute atomic E-state index is 12.1. The number of rotatable bonds is 5. The number of esters is 1. The molecule has 0 spiro atoms. The van der Waals surface area contributed by atoms with Crippen LogP contribution in [0.3, 0.4) is 0 Å². The molecule has 134 valence electrons. The summed E-state index contributed by atoms with van der Waals surface area (Å²) in [6.45, 7) is 8.51. The molecule has 0 saturated heterocycles. The Morgan fingerprint density at radius 2 is 2.16 bits per heavy atom. The number of hydrogen-bond acceptors (Lipinski definition) is 4. The molecule has 0 unspecified atom stereocenters. The fourth-order valence-electron chi connectivity index (χ4n) is 3.66. The number of allylic oxidation sites excluding steroid dienone is 1. The third kappa shape index (κ3) is 3.17. The van der Waals surface area contributed by atoms with Gasteiger partial charge in [0.05, 0.1) is 13.4 Å². The van der Waals surface area contributed by atoms with Gasteiger partial charge in [0.1, 0.15) is 6.61 Å². The van der Waals surface area contributed by atoms with Crippen molar-refractivity contribution in [1.82, 2.24) is 0 Å². The quantitative estimate of drug-likeness (QED) is 0.686. The molecule has 25 heavy (non-hydrogen) atoms. The molecule has 0 fully saturated rings. The standard InChI is InChI=1S/C21H26O4/c1-12(2)9-17(22)24-11-16-18-13(3)7-6-8-15(18)20(23-5)21-19(16)14(4)10-25-21/h6,8,10,12-13H,7,9,11H2,1-5H3/t13-/m1/s1. The average Bonchev–Trinajstić information content (AvgIpc) is 2.93. The first kappa shape index (κ1) is 17.6. The zero-order valence-corrected chi connectivity index (χ0v) is 15.6. The summed E-state index contributed by atoms with van der Waals surface area (Å²) >= 11 is 0. The monoisotopic (exact) mass is 342 g/mol. The maximum atomic E-state index is 12.1. The fourth-order valence-corrected chi connectivity index (χ4v) is 3.66. The Bertz CT molecular complexity index is 826. The van der Waals surface area contributed by atoms with Gasteiger partial charge in [-0.05, 0) is 36.3 Å². The van der Waals surface area contributed by atoms with Crippen LogP contribution in [-0.4, -0.2) is 13.1 Å². The molecule has 1 aliphatic carbocycles. The Kier molecular flexibility index (Phi) is 4.89. The van der Waals surface area contributed by atoms with Crippen molar-refractivity contribution in [2.45, 2.75) is 53.1 Å². The third-order valence-corrected chi connectivity index (χ3v) is 4.77. The van der Waals surface area contributed by atoms with Crippen molar-refractivity contribution in [1.29, 1.82) is 0 Å². The fraction of sp³-hybridized carbons (Fsp3) is 0.476. The van der Waals surface area contributed by atoms with E-state index in [1.54, 1.807) is 13.4 Å². The van der Waals surface area contributed by atoms with Gasteiger partial charge >= 0.3 is 5.97 Å². The number of carbonyl (C=O) groups is 1. The third-order valence-electron chi connectivity index (χ3n) is 4.77. The van der Waals surface area contributed by atoms with Crippen molar-refractivity contribution in [3.05, 3.63) is 34.6 Å². The SMILES string of the molecule is COc1c2c(c(COC(=O)CC(C)C)c3c(C)coc13)[C@H](C)CC=C2. The average molecular weight is 342 g/mol. The highest BCUT2D eigenvalue weighted by atomic mass is 16.5. The molecule has 1 aromatic heterocycles. The summed E-state index contributed by atoms with van der Waals surface area (Å²) in [4.78, 5) is 12.1. The summed E-state index contributed by atoms with van der Waals surface area (Å²) in [5, 5.41) is 1.01. The predicted octanol–water partition coefficient (Wildman–Crippen LogP) is 5.36. The normalized spacial score (nSPS) is 16.3. The van der Waals surface area contributed by atoms with Crippen LogP contribution in [0, 0.1) is 12.8 Å². The summed E-state index contributed by atoms with van der Waals surface area (Å²) in [5.41, 5.74) is 5.05. The number of methoxy groups -OCH3 is 1. The first-order chi connectivity index (χ1) is 11.9. The molecule has 1 aromatic carbocycles. The van der Waals surface area contributed by atoms with E-state index in [1.165, 1.54) is 5.56 Å². The largest absolute Gasteiger partial charge is 0.492 e. The van der Waals surface area contributed by atoms with Crippen LogP contribution < -0.4 is 4.74 Å². The molecule has 0 radical (unpaired) electrons. The van der Waals surface area contributed by atoms with E-state index in [2.05, 4.69) is 19.1 Å².